The monoisotopic (exact) mass is 358 g/mol. The van der Waals surface area contributed by atoms with Gasteiger partial charge in [0.2, 0.25) is 10.0 Å². The first kappa shape index (κ1) is 15.0. The van der Waals surface area contributed by atoms with Crippen molar-refractivity contribution >= 4 is 31.6 Å². The molecule has 0 fully saturated rings. The van der Waals surface area contributed by atoms with Gasteiger partial charge in [0.25, 0.3) is 0 Å². The summed E-state index contributed by atoms with van der Waals surface area (Å²) in [6.45, 7) is 2.08. The highest BCUT2D eigenvalue weighted by Crippen LogP contribution is 2.24. The minimum Gasteiger partial charge on any atom is -0.399 e. The Labute approximate surface area is 126 Å². The van der Waals surface area contributed by atoms with Crippen molar-refractivity contribution in [2.75, 3.05) is 5.73 Å². The molecule has 6 nitrogen and oxygen atoms in total. The Kier molecular flexibility index (Phi) is 4.17. The van der Waals surface area contributed by atoms with Gasteiger partial charge in [-0.15, -0.1) is 0 Å². The molecule has 0 radical (unpaired) electrons. The number of aryl methyl sites for hydroxylation is 1. The van der Waals surface area contributed by atoms with Gasteiger partial charge in [0.1, 0.15) is 0 Å². The van der Waals surface area contributed by atoms with Crippen LogP contribution < -0.4 is 10.5 Å². The number of nitrogens with zero attached hydrogens (tertiary/aromatic N) is 2. The van der Waals surface area contributed by atoms with Crippen LogP contribution in [-0.2, 0) is 23.6 Å². The van der Waals surface area contributed by atoms with Crippen molar-refractivity contribution in [1.82, 2.24) is 14.5 Å². The molecule has 2 aromatic rings. The van der Waals surface area contributed by atoms with E-state index in [1.807, 2.05) is 14.0 Å². The van der Waals surface area contributed by atoms with Gasteiger partial charge in [0.05, 0.1) is 11.1 Å². The first-order valence-electron chi connectivity index (χ1n) is 5.83. The van der Waals surface area contributed by atoms with Gasteiger partial charge in [-0.3, -0.25) is 4.68 Å². The van der Waals surface area contributed by atoms with Crippen LogP contribution in [0.5, 0.6) is 0 Å². The zero-order valence-corrected chi connectivity index (χ0v) is 13.5. The SMILES string of the molecule is Cc1c(CNS(=O)(=O)c2ccc(N)cc2Br)cnn1C. The highest BCUT2D eigenvalue weighted by molar-refractivity contribution is 9.10. The molecule has 20 heavy (non-hydrogen) atoms. The quantitative estimate of drug-likeness (QED) is 0.811. The molecule has 0 aliphatic carbocycles. The van der Waals surface area contributed by atoms with Crippen LogP contribution >= 0.6 is 15.9 Å². The number of halogens is 1. The van der Waals surface area contributed by atoms with Crippen LogP contribution in [0.15, 0.2) is 33.8 Å². The molecule has 1 aromatic heterocycles. The fourth-order valence-electron chi connectivity index (χ4n) is 1.70. The first-order valence-corrected chi connectivity index (χ1v) is 8.11. The molecule has 0 saturated heterocycles. The second-order valence-corrected chi connectivity index (χ2v) is 6.98. The predicted molar refractivity (Wildman–Crippen MR) is 80.5 cm³/mol. The van der Waals surface area contributed by atoms with Crippen LogP contribution in [0.3, 0.4) is 0 Å². The van der Waals surface area contributed by atoms with E-state index in [9.17, 15) is 8.42 Å². The summed E-state index contributed by atoms with van der Waals surface area (Å²) in [4.78, 5) is 0.160. The Bertz CT molecular complexity index is 740. The van der Waals surface area contributed by atoms with Gasteiger partial charge in [0, 0.05) is 35.0 Å². The lowest BCUT2D eigenvalue weighted by atomic mass is 10.3. The number of benzene rings is 1. The number of hydrogen-bond donors (Lipinski definition) is 2. The summed E-state index contributed by atoms with van der Waals surface area (Å²) in [5.74, 6) is 0. The molecule has 108 valence electrons. The van der Waals surface area contributed by atoms with Crippen LogP contribution in [0.25, 0.3) is 0 Å². The number of nitrogen functional groups attached to an aromatic ring is 1. The number of hydrogen-bond acceptors (Lipinski definition) is 4. The van der Waals surface area contributed by atoms with Crippen LogP contribution in [0.4, 0.5) is 5.69 Å². The van der Waals surface area contributed by atoms with E-state index in [1.54, 1.807) is 23.0 Å². The second kappa shape index (κ2) is 5.55. The lowest BCUT2D eigenvalue weighted by molar-refractivity contribution is 0.580. The Balaban J connectivity index is 2.21. The largest absolute Gasteiger partial charge is 0.399 e. The standard InChI is InChI=1S/C12H15BrN4O2S/c1-8-9(6-15-17(8)2)7-16-20(18,19)12-4-3-10(14)5-11(12)13/h3-6,16H,7,14H2,1-2H3. The number of nitrogens with one attached hydrogen (secondary N) is 1. The second-order valence-electron chi connectivity index (χ2n) is 4.39. The van der Waals surface area contributed by atoms with E-state index in [4.69, 9.17) is 5.73 Å². The minimum absolute atomic E-state index is 0.160. The fourth-order valence-corrected chi connectivity index (χ4v) is 3.80. The maximum Gasteiger partial charge on any atom is 0.241 e. The smallest absolute Gasteiger partial charge is 0.241 e. The van der Waals surface area contributed by atoms with E-state index in [0.29, 0.717) is 10.2 Å². The number of sulfonamides is 1. The molecule has 0 amide bonds. The van der Waals surface area contributed by atoms with Gasteiger partial charge >= 0.3 is 0 Å². The molecule has 8 heteroatoms. The third-order valence-electron chi connectivity index (χ3n) is 3.03. The molecule has 0 aliphatic rings. The summed E-state index contributed by atoms with van der Waals surface area (Å²) in [5.41, 5.74) is 7.86. The van der Waals surface area contributed by atoms with Crippen molar-refractivity contribution in [1.29, 1.82) is 0 Å². The van der Waals surface area contributed by atoms with Crippen molar-refractivity contribution in [3.8, 4) is 0 Å². The Morgan fingerprint density at radius 1 is 1.45 bits per heavy atom. The van der Waals surface area contributed by atoms with Gasteiger partial charge < -0.3 is 5.73 Å². The maximum absolute atomic E-state index is 12.2. The molecule has 0 bridgehead atoms. The molecule has 3 N–H and O–H groups in total. The maximum atomic E-state index is 12.2. The van der Waals surface area contributed by atoms with Gasteiger partial charge in [-0.25, -0.2) is 13.1 Å². The van der Waals surface area contributed by atoms with E-state index in [1.165, 1.54) is 6.07 Å². The zero-order valence-electron chi connectivity index (χ0n) is 11.1. The predicted octanol–water partition coefficient (Wildman–Crippen LogP) is 1.55. The molecule has 0 saturated carbocycles. The average molecular weight is 359 g/mol. The summed E-state index contributed by atoms with van der Waals surface area (Å²) < 4.78 is 29.2. The zero-order chi connectivity index (χ0) is 14.9. The average Bonchev–Trinajstić information content (AvgIpc) is 2.67. The van der Waals surface area contributed by atoms with Gasteiger partial charge in [-0.1, -0.05) is 0 Å². The molecular weight excluding hydrogens is 344 g/mol. The van der Waals surface area contributed by atoms with E-state index in [2.05, 4.69) is 25.8 Å². The normalized spacial score (nSPS) is 11.8. The topological polar surface area (TPSA) is 90.0 Å². The Morgan fingerprint density at radius 3 is 2.70 bits per heavy atom. The number of rotatable bonds is 4. The van der Waals surface area contributed by atoms with E-state index >= 15 is 0 Å². The summed E-state index contributed by atoms with van der Waals surface area (Å²) in [7, 11) is -1.79. The van der Waals surface area contributed by atoms with Crippen LogP contribution in [0.2, 0.25) is 0 Å². The van der Waals surface area contributed by atoms with Crippen LogP contribution in [0, 0.1) is 6.92 Å². The summed E-state index contributed by atoms with van der Waals surface area (Å²) >= 11 is 3.21. The lowest BCUT2D eigenvalue weighted by Crippen LogP contribution is -2.23. The van der Waals surface area contributed by atoms with E-state index in [-0.39, 0.29) is 11.4 Å². The van der Waals surface area contributed by atoms with Gasteiger partial charge in [0.15, 0.2) is 0 Å². The van der Waals surface area contributed by atoms with Crippen LogP contribution in [-0.4, -0.2) is 18.2 Å². The minimum atomic E-state index is -3.60. The molecule has 0 atom stereocenters. The Hall–Kier alpha value is -1.38. The number of aromatic nitrogens is 2. The summed E-state index contributed by atoms with van der Waals surface area (Å²) in [5, 5.41) is 4.07. The summed E-state index contributed by atoms with van der Waals surface area (Å²) in [6.07, 6.45) is 1.65. The first-order chi connectivity index (χ1) is 9.31. The lowest BCUT2D eigenvalue weighted by Gasteiger charge is -2.09. The van der Waals surface area contributed by atoms with E-state index in [0.717, 1.165) is 11.3 Å². The molecule has 0 unspecified atom stereocenters. The highest BCUT2D eigenvalue weighted by atomic mass is 79.9. The Morgan fingerprint density at radius 2 is 2.15 bits per heavy atom. The highest BCUT2D eigenvalue weighted by Gasteiger charge is 2.18. The number of anilines is 1. The summed E-state index contributed by atoms with van der Waals surface area (Å²) in [6, 6.07) is 4.58. The molecule has 0 spiro atoms. The molecule has 1 heterocycles. The fraction of sp³-hybridized carbons (Fsp3) is 0.250. The van der Waals surface area contributed by atoms with E-state index < -0.39 is 10.0 Å². The number of nitrogens with two attached hydrogens (primary N) is 1. The molecule has 1 aromatic carbocycles. The van der Waals surface area contributed by atoms with Gasteiger partial charge in [-0.05, 0) is 41.1 Å². The molecular formula is C12H15BrN4O2S. The third-order valence-corrected chi connectivity index (χ3v) is 5.41. The third kappa shape index (κ3) is 3.02. The van der Waals surface area contributed by atoms with Crippen molar-refractivity contribution in [3.63, 3.8) is 0 Å². The van der Waals surface area contributed by atoms with Gasteiger partial charge in [-0.2, -0.15) is 5.10 Å². The van der Waals surface area contributed by atoms with Crippen molar-refractivity contribution in [2.24, 2.45) is 7.05 Å². The van der Waals surface area contributed by atoms with Crippen molar-refractivity contribution < 1.29 is 8.42 Å². The molecule has 2 rings (SSSR count). The van der Waals surface area contributed by atoms with Crippen LogP contribution in [0.1, 0.15) is 11.3 Å². The molecule has 0 aliphatic heterocycles. The van der Waals surface area contributed by atoms with Crippen molar-refractivity contribution in [2.45, 2.75) is 18.4 Å². The van der Waals surface area contributed by atoms with Crippen molar-refractivity contribution in [3.05, 3.63) is 40.1 Å².